The van der Waals surface area contributed by atoms with Crippen LogP contribution in [0.2, 0.25) is 0 Å². The number of nitrogens with zero attached hydrogens (tertiary/aromatic N) is 1. The van der Waals surface area contributed by atoms with Gasteiger partial charge in [-0.25, -0.2) is 0 Å². The number of amides is 1. The summed E-state index contributed by atoms with van der Waals surface area (Å²) in [7, 11) is 3.51. The lowest BCUT2D eigenvalue weighted by atomic mass is 10.2. The van der Waals surface area contributed by atoms with E-state index in [9.17, 15) is 9.59 Å². The maximum Gasteiger partial charge on any atom is 0.226 e. The molecule has 0 aromatic carbocycles. The summed E-state index contributed by atoms with van der Waals surface area (Å²) in [6, 6.07) is 0. The Morgan fingerprint density at radius 1 is 1.54 bits per heavy atom. The first-order chi connectivity index (χ1) is 6.05. The van der Waals surface area contributed by atoms with Gasteiger partial charge in [0.15, 0.2) is 0 Å². The zero-order chi connectivity index (χ0) is 9.80. The SMILES string of the molecule is CC1CC12C(C=O)C2C(=O)N(C)C. The molecule has 0 aromatic heterocycles. The lowest BCUT2D eigenvalue weighted by Gasteiger charge is -2.08. The predicted molar refractivity (Wildman–Crippen MR) is 48.0 cm³/mol. The molecule has 0 aliphatic heterocycles. The van der Waals surface area contributed by atoms with Crippen molar-refractivity contribution in [2.75, 3.05) is 14.1 Å². The molecule has 4 atom stereocenters. The van der Waals surface area contributed by atoms with Gasteiger partial charge in [0.25, 0.3) is 0 Å². The number of carbonyl (C=O) groups excluding carboxylic acids is 2. The van der Waals surface area contributed by atoms with Crippen molar-refractivity contribution in [3.63, 3.8) is 0 Å². The van der Waals surface area contributed by atoms with Crippen molar-refractivity contribution in [3.05, 3.63) is 0 Å². The second kappa shape index (κ2) is 2.34. The monoisotopic (exact) mass is 181 g/mol. The molecule has 3 heteroatoms. The van der Waals surface area contributed by atoms with Crippen LogP contribution in [0.25, 0.3) is 0 Å². The third kappa shape index (κ3) is 0.901. The summed E-state index contributed by atoms with van der Waals surface area (Å²) in [5.74, 6) is 0.699. The Bertz CT molecular complexity index is 274. The van der Waals surface area contributed by atoms with Gasteiger partial charge in [-0.05, 0) is 17.8 Å². The molecular weight excluding hydrogens is 166 g/mol. The number of hydrogen-bond donors (Lipinski definition) is 0. The summed E-state index contributed by atoms with van der Waals surface area (Å²) in [4.78, 5) is 24.0. The Labute approximate surface area is 78.1 Å². The standard InChI is InChI=1S/C10H15NO2/c1-6-4-10(6)7(5-12)8(10)9(13)11(2)3/h5-8H,4H2,1-3H3. The first kappa shape index (κ1) is 8.73. The minimum atomic E-state index is -0.00463. The Balaban J connectivity index is 2.12. The van der Waals surface area contributed by atoms with Crippen LogP contribution in [0.15, 0.2) is 0 Å². The molecule has 0 radical (unpaired) electrons. The Hall–Kier alpha value is -0.860. The lowest BCUT2D eigenvalue weighted by molar-refractivity contribution is -0.131. The van der Waals surface area contributed by atoms with Crippen molar-refractivity contribution >= 4 is 12.2 Å². The fourth-order valence-corrected chi connectivity index (χ4v) is 2.73. The summed E-state index contributed by atoms with van der Waals surface area (Å²) in [6.07, 6.45) is 2.02. The molecule has 2 rings (SSSR count). The maximum absolute atomic E-state index is 11.6. The minimum Gasteiger partial charge on any atom is -0.349 e. The average Bonchev–Trinajstić information content (AvgIpc) is 2.90. The van der Waals surface area contributed by atoms with E-state index >= 15 is 0 Å². The molecule has 0 heterocycles. The molecule has 4 unspecified atom stereocenters. The summed E-state index contributed by atoms with van der Waals surface area (Å²) >= 11 is 0. The van der Waals surface area contributed by atoms with Gasteiger partial charge in [0.1, 0.15) is 6.29 Å². The molecule has 72 valence electrons. The van der Waals surface area contributed by atoms with Crippen LogP contribution in [-0.4, -0.2) is 31.2 Å². The van der Waals surface area contributed by atoms with Crippen LogP contribution in [0.5, 0.6) is 0 Å². The molecule has 0 N–H and O–H groups in total. The quantitative estimate of drug-likeness (QED) is 0.583. The zero-order valence-electron chi connectivity index (χ0n) is 8.28. The van der Waals surface area contributed by atoms with Crippen LogP contribution in [0.1, 0.15) is 13.3 Å². The van der Waals surface area contributed by atoms with E-state index in [0.29, 0.717) is 5.92 Å². The highest BCUT2D eigenvalue weighted by Crippen LogP contribution is 2.77. The van der Waals surface area contributed by atoms with E-state index in [4.69, 9.17) is 0 Å². The highest BCUT2D eigenvalue weighted by molar-refractivity contribution is 5.89. The maximum atomic E-state index is 11.6. The fraction of sp³-hybridized carbons (Fsp3) is 0.800. The van der Waals surface area contributed by atoms with Crippen molar-refractivity contribution in [1.82, 2.24) is 4.90 Å². The van der Waals surface area contributed by atoms with Crippen LogP contribution in [0.3, 0.4) is 0 Å². The predicted octanol–water partition coefficient (Wildman–Crippen LogP) is 0.546. The van der Waals surface area contributed by atoms with Crippen LogP contribution < -0.4 is 0 Å². The van der Waals surface area contributed by atoms with Gasteiger partial charge in [-0.3, -0.25) is 4.79 Å². The van der Waals surface area contributed by atoms with Crippen molar-refractivity contribution in [2.24, 2.45) is 23.2 Å². The number of hydrogen-bond acceptors (Lipinski definition) is 2. The first-order valence-corrected chi connectivity index (χ1v) is 4.72. The van der Waals surface area contributed by atoms with Gasteiger partial charge in [0, 0.05) is 20.0 Å². The zero-order valence-corrected chi connectivity index (χ0v) is 8.28. The summed E-state index contributed by atoms with van der Waals surface area (Å²) in [5.41, 5.74) is 0.0864. The highest BCUT2D eigenvalue weighted by Gasteiger charge is 2.78. The summed E-state index contributed by atoms with van der Waals surface area (Å²) in [5, 5.41) is 0. The van der Waals surface area contributed by atoms with Crippen molar-refractivity contribution in [3.8, 4) is 0 Å². The molecule has 2 fully saturated rings. The molecule has 3 nitrogen and oxygen atoms in total. The van der Waals surface area contributed by atoms with Crippen molar-refractivity contribution in [2.45, 2.75) is 13.3 Å². The Morgan fingerprint density at radius 3 is 2.31 bits per heavy atom. The fourth-order valence-electron chi connectivity index (χ4n) is 2.73. The second-order valence-electron chi connectivity index (χ2n) is 4.59. The van der Waals surface area contributed by atoms with Gasteiger partial charge in [-0.2, -0.15) is 0 Å². The molecule has 0 saturated heterocycles. The Morgan fingerprint density at radius 2 is 2.08 bits per heavy atom. The van der Waals surface area contributed by atoms with E-state index in [1.165, 1.54) is 0 Å². The summed E-state index contributed by atoms with van der Waals surface area (Å²) < 4.78 is 0. The van der Waals surface area contributed by atoms with Gasteiger partial charge in [0.05, 0.1) is 5.92 Å². The molecule has 1 spiro atoms. The van der Waals surface area contributed by atoms with Gasteiger partial charge in [0.2, 0.25) is 5.91 Å². The van der Waals surface area contributed by atoms with E-state index < -0.39 is 0 Å². The molecule has 0 aromatic rings. The number of carbonyl (C=O) groups is 2. The first-order valence-electron chi connectivity index (χ1n) is 4.72. The lowest BCUT2D eigenvalue weighted by Crippen LogP contribution is -2.24. The van der Waals surface area contributed by atoms with Crippen molar-refractivity contribution < 1.29 is 9.59 Å². The van der Waals surface area contributed by atoms with E-state index in [2.05, 4.69) is 6.92 Å². The van der Waals surface area contributed by atoms with Crippen LogP contribution in [0.4, 0.5) is 0 Å². The smallest absolute Gasteiger partial charge is 0.226 e. The van der Waals surface area contributed by atoms with Crippen LogP contribution >= 0.6 is 0 Å². The third-order valence-electron chi connectivity index (χ3n) is 3.72. The molecular formula is C10H15NO2. The molecule has 2 aliphatic rings. The largest absolute Gasteiger partial charge is 0.349 e. The molecule has 0 bridgehead atoms. The van der Waals surface area contributed by atoms with Crippen LogP contribution in [0, 0.1) is 23.2 Å². The number of aldehydes is 1. The number of rotatable bonds is 2. The van der Waals surface area contributed by atoms with Crippen molar-refractivity contribution in [1.29, 1.82) is 0 Å². The van der Waals surface area contributed by atoms with E-state index in [-0.39, 0.29) is 23.2 Å². The normalized spacial score (nSPS) is 45.9. The topological polar surface area (TPSA) is 37.4 Å². The molecule has 2 aliphatic carbocycles. The molecule has 2 saturated carbocycles. The van der Waals surface area contributed by atoms with Gasteiger partial charge >= 0.3 is 0 Å². The average molecular weight is 181 g/mol. The van der Waals surface area contributed by atoms with E-state index in [1.807, 2.05) is 0 Å². The van der Waals surface area contributed by atoms with Gasteiger partial charge in [-0.15, -0.1) is 0 Å². The Kier molecular flexibility index (Phi) is 1.57. The van der Waals surface area contributed by atoms with E-state index in [1.54, 1.807) is 19.0 Å². The van der Waals surface area contributed by atoms with Crippen LogP contribution in [-0.2, 0) is 9.59 Å². The van der Waals surface area contributed by atoms with Gasteiger partial charge in [-0.1, -0.05) is 6.92 Å². The highest BCUT2D eigenvalue weighted by atomic mass is 16.2. The summed E-state index contributed by atoms with van der Waals surface area (Å²) in [6.45, 7) is 2.12. The third-order valence-corrected chi connectivity index (χ3v) is 3.72. The second-order valence-corrected chi connectivity index (χ2v) is 4.59. The van der Waals surface area contributed by atoms with E-state index in [0.717, 1.165) is 12.7 Å². The van der Waals surface area contributed by atoms with Gasteiger partial charge < -0.3 is 9.69 Å². The molecule has 1 amide bonds. The minimum absolute atomic E-state index is 0.00463. The molecule has 13 heavy (non-hydrogen) atoms.